The maximum absolute atomic E-state index is 3.17. The molecule has 11 heavy (non-hydrogen) atoms. The van der Waals surface area contributed by atoms with E-state index in [2.05, 4.69) is 32.5 Å². The topological polar surface area (TPSA) is 15.3 Å². The fourth-order valence-electron chi connectivity index (χ4n) is 1.31. The van der Waals surface area contributed by atoms with Gasteiger partial charge in [0.05, 0.1) is 0 Å². The molecular weight excluding hydrogens is 155 g/mol. The van der Waals surface area contributed by atoms with Crippen molar-refractivity contribution in [2.75, 3.05) is 13.6 Å². The number of likely N-dealkylation sites (N-methyl/N-ethyl adjacent to an activating group) is 1. The predicted octanol–water partition coefficient (Wildman–Crippen LogP) is 1.36. The second-order valence-electron chi connectivity index (χ2n) is 3.15. The first-order chi connectivity index (χ1) is 5.24. The third-order valence-electron chi connectivity index (χ3n) is 2.13. The van der Waals surface area contributed by atoms with Gasteiger partial charge < -0.3 is 9.99 Å². The van der Waals surface area contributed by atoms with E-state index in [1.165, 1.54) is 18.4 Å². The van der Waals surface area contributed by atoms with Crippen LogP contribution in [0, 0.1) is 0 Å². The van der Waals surface area contributed by atoms with Gasteiger partial charge in [0.2, 0.25) is 0 Å². The molecule has 1 rings (SSSR count). The predicted molar refractivity (Wildman–Crippen MR) is 52.3 cm³/mol. The standard InChI is InChI=1S/C8H17N2P/c1-7-3-4-8(5-9-2)6-10(7)11/h6-7,9H,3-5,11H2,1-2H3. The monoisotopic (exact) mass is 172 g/mol. The fourth-order valence-corrected chi connectivity index (χ4v) is 1.67. The molecule has 0 radical (unpaired) electrons. The molecular formula is C8H17N2P. The Morgan fingerprint density at radius 3 is 3.09 bits per heavy atom. The highest BCUT2D eigenvalue weighted by Crippen LogP contribution is 2.22. The largest absolute Gasteiger partial charge is 0.359 e. The maximum atomic E-state index is 3.17. The lowest BCUT2D eigenvalue weighted by molar-refractivity contribution is 0.411. The molecule has 1 aliphatic rings. The van der Waals surface area contributed by atoms with Crippen LogP contribution >= 0.6 is 9.39 Å². The van der Waals surface area contributed by atoms with Crippen molar-refractivity contribution < 1.29 is 0 Å². The van der Waals surface area contributed by atoms with Crippen LogP contribution in [0.5, 0.6) is 0 Å². The molecule has 0 aromatic carbocycles. The van der Waals surface area contributed by atoms with Crippen molar-refractivity contribution in [2.45, 2.75) is 25.8 Å². The van der Waals surface area contributed by atoms with Gasteiger partial charge in [-0.25, -0.2) is 0 Å². The number of hydrogen-bond donors (Lipinski definition) is 1. The number of hydrogen-bond acceptors (Lipinski definition) is 2. The quantitative estimate of drug-likeness (QED) is 0.633. The van der Waals surface area contributed by atoms with Crippen LogP contribution in [0.25, 0.3) is 0 Å². The van der Waals surface area contributed by atoms with Crippen LogP contribution in [0.3, 0.4) is 0 Å². The molecule has 0 amide bonds. The highest BCUT2D eigenvalue weighted by atomic mass is 31.0. The van der Waals surface area contributed by atoms with Gasteiger partial charge in [-0.2, -0.15) is 0 Å². The average molecular weight is 172 g/mol. The van der Waals surface area contributed by atoms with E-state index in [1.807, 2.05) is 7.05 Å². The molecule has 2 unspecified atom stereocenters. The smallest absolute Gasteiger partial charge is 0.0292 e. The molecule has 2 nitrogen and oxygen atoms in total. The first kappa shape index (κ1) is 9.02. The fraction of sp³-hybridized carbons (Fsp3) is 0.750. The molecule has 1 heterocycles. The molecule has 0 aromatic rings. The van der Waals surface area contributed by atoms with Gasteiger partial charge >= 0.3 is 0 Å². The van der Waals surface area contributed by atoms with E-state index in [-0.39, 0.29) is 0 Å². The molecule has 3 heteroatoms. The molecule has 0 fully saturated rings. The van der Waals surface area contributed by atoms with E-state index in [4.69, 9.17) is 0 Å². The van der Waals surface area contributed by atoms with Crippen molar-refractivity contribution in [2.24, 2.45) is 0 Å². The number of nitrogens with zero attached hydrogens (tertiary/aromatic N) is 1. The zero-order valence-corrected chi connectivity index (χ0v) is 8.46. The minimum absolute atomic E-state index is 0.681. The second kappa shape index (κ2) is 4.08. The van der Waals surface area contributed by atoms with E-state index in [9.17, 15) is 0 Å². The molecule has 2 atom stereocenters. The lowest BCUT2D eigenvalue weighted by Gasteiger charge is -2.29. The van der Waals surface area contributed by atoms with Crippen molar-refractivity contribution in [3.05, 3.63) is 11.8 Å². The van der Waals surface area contributed by atoms with Gasteiger partial charge in [-0.1, -0.05) is 0 Å². The molecule has 0 saturated carbocycles. The molecule has 0 aliphatic carbocycles. The Kier molecular flexibility index (Phi) is 3.35. The van der Waals surface area contributed by atoms with Crippen LogP contribution in [-0.2, 0) is 0 Å². The zero-order valence-electron chi connectivity index (χ0n) is 7.30. The van der Waals surface area contributed by atoms with Crippen molar-refractivity contribution >= 4 is 9.39 Å². The van der Waals surface area contributed by atoms with Gasteiger partial charge in [0, 0.05) is 18.8 Å². The highest BCUT2D eigenvalue weighted by molar-refractivity contribution is 7.13. The molecule has 64 valence electrons. The minimum Gasteiger partial charge on any atom is -0.359 e. The van der Waals surface area contributed by atoms with Gasteiger partial charge in [-0.15, -0.1) is 0 Å². The van der Waals surface area contributed by atoms with Crippen LogP contribution in [0.15, 0.2) is 11.8 Å². The van der Waals surface area contributed by atoms with Crippen molar-refractivity contribution in [1.29, 1.82) is 0 Å². The van der Waals surface area contributed by atoms with E-state index in [0.717, 1.165) is 6.54 Å². The van der Waals surface area contributed by atoms with Crippen LogP contribution < -0.4 is 5.32 Å². The summed E-state index contributed by atoms with van der Waals surface area (Å²) < 4.78 is 2.22. The van der Waals surface area contributed by atoms with Crippen LogP contribution in [-0.4, -0.2) is 24.3 Å². The van der Waals surface area contributed by atoms with Crippen molar-refractivity contribution in [1.82, 2.24) is 9.99 Å². The number of nitrogens with one attached hydrogen (secondary N) is 1. The summed E-state index contributed by atoms with van der Waals surface area (Å²) in [6.45, 7) is 3.28. The Labute approximate surface area is 71.3 Å². The van der Waals surface area contributed by atoms with E-state index in [0.29, 0.717) is 6.04 Å². The third-order valence-corrected chi connectivity index (χ3v) is 2.79. The first-order valence-corrected chi connectivity index (χ1v) is 4.63. The Morgan fingerprint density at radius 2 is 2.55 bits per heavy atom. The van der Waals surface area contributed by atoms with Crippen LogP contribution in [0.2, 0.25) is 0 Å². The van der Waals surface area contributed by atoms with Crippen molar-refractivity contribution in [3.63, 3.8) is 0 Å². The molecule has 0 spiro atoms. The molecule has 0 saturated heterocycles. The van der Waals surface area contributed by atoms with Gasteiger partial charge in [0.1, 0.15) is 0 Å². The van der Waals surface area contributed by atoms with Crippen molar-refractivity contribution in [3.8, 4) is 0 Å². The summed E-state index contributed by atoms with van der Waals surface area (Å²) in [6, 6.07) is 0.681. The summed E-state index contributed by atoms with van der Waals surface area (Å²) >= 11 is 0. The summed E-state index contributed by atoms with van der Waals surface area (Å²) in [5.41, 5.74) is 1.50. The van der Waals surface area contributed by atoms with E-state index >= 15 is 0 Å². The molecule has 0 bridgehead atoms. The summed E-state index contributed by atoms with van der Waals surface area (Å²) in [4.78, 5) is 0. The van der Waals surface area contributed by atoms with Gasteiger partial charge in [-0.3, -0.25) is 0 Å². The molecule has 1 aliphatic heterocycles. The Hall–Kier alpha value is -0.0700. The Bertz CT molecular complexity index is 156. The second-order valence-corrected chi connectivity index (χ2v) is 3.75. The summed E-state index contributed by atoms with van der Waals surface area (Å²) in [6.07, 6.45) is 4.75. The number of rotatable bonds is 2. The highest BCUT2D eigenvalue weighted by Gasteiger charge is 2.13. The van der Waals surface area contributed by atoms with Gasteiger partial charge in [-0.05, 0) is 41.8 Å². The lowest BCUT2D eigenvalue weighted by atomic mass is 10.0. The van der Waals surface area contributed by atoms with E-state index in [1.54, 1.807) is 0 Å². The summed E-state index contributed by atoms with van der Waals surface area (Å²) in [5, 5.41) is 3.17. The van der Waals surface area contributed by atoms with Gasteiger partial charge in [0.15, 0.2) is 0 Å². The first-order valence-electron chi connectivity index (χ1n) is 4.11. The lowest BCUT2D eigenvalue weighted by Crippen LogP contribution is -2.25. The zero-order chi connectivity index (χ0) is 8.27. The normalized spacial score (nSPS) is 25.2. The van der Waals surface area contributed by atoms with E-state index < -0.39 is 0 Å². The SMILES string of the molecule is CNCC1=CN(P)C(C)CC1. The maximum Gasteiger partial charge on any atom is 0.0292 e. The Morgan fingerprint density at radius 1 is 1.82 bits per heavy atom. The van der Waals surface area contributed by atoms with Crippen LogP contribution in [0.4, 0.5) is 0 Å². The molecule has 1 N–H and O–H groups in total. The third kappa shape index (κ3) is 2.46. The van der Waals surface area contributed by atoms with Crippen LogP contribution in [0.1, 0.15) is 19.8 Å². The summed E-state index contributed by atoms with van der Waals surface area (Å²) in [7, 11) is 4.74. The Balaban J connectivity index is 2.49. The average Bonchev–Trinajstić information content (AvgIpc) is 1.98. The minimum atomic E-state index is 0.681. The summed E-state index contributed by atoms with van der Waals surface area (Å²) in [5.74, 6) is 0. The van der Waals surface area contributed by atoms with Gasteiger partial charge in [0.25, 0.3) is 0 Å². The molecule has 0 aromatic heterocycles.